The summed E-state index contributed by atoms with van der Waals surface area (Å²) >= 11 is 0. The van der Waals surface area contributed by atoms with Crippen molar-refractivity contribution in [2.75, 3.05) is 5.32 Å². The summed E-state index contributed by atoms with van der Waals surface area (Å²) in [6.45, 7) is 6.15. The van der Waals surface area contributed by atoms with Crippen molar-refractivity contribution in [1.29, 1.82) is 0 Å². The maximum Gasteiger partial charge on any atom is 0.123 e. The average Bonchev–Trinajstić information content (AvgIpc) is 2.84. The van der Waals surface area contributed by atoms with Gasteiger partial charge in [0.2, 0.25) is 0 Å². The minimum Gasteiger partial charge on any atom is -0.373 e. The fourth-order valence-electron chi connectivity index (χ4n) is 2.77. The first-order valence-corrected chi connectivity index (χ1v) is 7.69. The Hall–Kier alpha value is -2.62. The van der Waals surface area contributed by atoms with E-state index in [-0.39, 0.29) is 11.9 Å². The SMILES string of the molecule is CC=CC(Nc1ccc(F)cc1)c1nccc2c(C)c(C)[nH]c12. The fraction of sp³-hybridized carbons (Fsp3) is 0.211. The van der Waals surface area contributed by atoms with Crippen LogP contribution in [0.4, 0.5) is 10.1 Å². The van der Waals surface area contributed by atoms with Gasteiger partial charge in [-0.05, 0) is 56.7 Å². The molecule has 0 fully saturated rings. The lowest BCUT2D eigenvalue weighted by atomic mass is 10.1. The average molecular weight is 309 g/mol. The molecular weight excluding hydrogens is 289 g/mol. The van der Waals surface area contributed by atoms with Crippen LogP contribution in [-0.2, 0) is 0 Å². The van der Waals surface area contributed by atoms with Crippen LogP contribution in [0.25, 0.3) is 10.9 Å². The topological polar surface area (TPSA) is 40.7 Å². The van der Waals surface area contributed by atoms with Crippen molar-refractivity contribution in [3.8, 4) is 0 Å². The van der Waals surface area contributed by atoms with Crippen molar-refractivity contribution in [2.45, 2.75) is 26.8 Å². The van der Waals surface area contributed by atoms with Gasteiger partial charge < -0.3 is 10.3 Å². The predicted molar refractivity (Wildman–Crippen MR) is 93.1 cm³/mol. The van der Waals surface area contributed by atoms with Gasteiger partial charge in [-0.2, -0.15) is 0 Å². The highest BCUT2D eigenvalue weighted by Crippen LogP contribution is 2.29. The van der Waals surface area contributed by atoms with Gasteiger partial charge in [0.1, 0.15) is 5.82 Å². The molecule has 3 nitrogen and oxygen atoms in total. The Morgan fingerprint density at radius 3 is 2.61 bits per heavy atom. The zero-order valence-electron chi connectivity index (χ0n) is 13.5. The molecule has 118 valence electrons. The van der Waals surface area contributed by atoms with Crippen LogP contribution in [0.15, 0.2) is 48.7 Å². The van der Waals surface area contributed by atoms with E-state index >= 15 is 0 Å². The lowest BCUT2D eigenvalue weighted by molar-refractivity contribution is 0.628. The zero-order valence-corrected chi connectivity index (χ0v) is 13.5. The minimum atomic E-state index is -0.242. The lowest BCUT2D eigenvalue weighted by Gasteiger charge is -2.17. The summed E-state index contributed by atoms with van der Waals surface area (Å²) in [5, 5.41) is 4.59. The van der Waals surface area contributed by atoms with E-state index in [0.717, 1.165) is 22.6 Å². The predicted octanol–water partition coefficient (Wildman–Crippen LogP) is 5.05. The molecule has 0 bridgehead atoms. The summed E-state index contributed by atoms with van der Waals surface area (Å²) in [5.41, 5.74) is 5.22. The molecule has 0 saturated heterocycles. The van der Waals surface area contributed by atoms with Crippen molar-refractivity contribution in [3.63, 3.8) is 0 Å². The van der Waals surface area contributed by atoms with Crippen LogP contribution in [0.1, 0.15) is 29.9 Å². The van der Waals surface area contributed by atoms with E-state index in [2.05, 4.69) is 35.2 Å². The van der Waals surface area contributed by atoms with E-state index < -0.39 is 0 Å². The number of nitrogens with one attached hydrogen (secondary N) is 2. The molecule has 0 aliphatic rings. The van der Waals surface area contributed by atoms with Gasteiger partial charge in [-0.15, -0.1) is 0 Å². The maximum absolute atomic E-state index is 13.1. The van der Waals surface area contributed by atoms with E-state index in [4.69, 9.17) is 0 Å². The number of pyridine rings is 1. The number of hydrogen-bond donors (Lipinski definition) is 2. The number of hydrogen-bond acceptors (Lipinski definition) is 2. The minimum absolute atomic E-state index is 0.0911. The third kappa shape index (κ3) is 2.97. The zero-order chi connectivity index (χ0) is 16.4. The van der Waals surface area contributed by atoms with E-state index in [1.165, 1.54) is 23.1 Å². The number of H-pyrrole nitrogens is 1. The Balaban J connectivity index is 2.04. The number of aryl methyl sites for hydroxylation is 2. The number of halogens is 1. The molecular formula is C19H20FN3. The molecule has 0 amide bonds. The van der Waals surface area contributed by atoms with Gasteiger partial charge in [-0.3, -0.25) is 4.98 Å². The highest BCUT2D eigenvalue weighted by atomic mass is 19.1. The Bertz CT molecular complexity index is 847. The number of benzene rings is 1. The molecule has 0 spiro atoms. The van der Waals surface area contributed by atoms with Gasteiger partial charge in [0.25, 0.3) is 0 Å². The number of allylic oxidation sites excluding steroid dienone is 1. The van der Waals surface area contributed by atoms with Crippen LogP contribution in [0.5, 0.6) is 0 Å². The van der Waals surface area contributed by atoms with Crippen LogP contribution in [0, 0.1) is 19.7 Å². The first kappa shape index (κ1) is 15.3. The van der Waals surface area contributed by atoms with E-state index in [1.54, 1.807) is 12.1 Å². The molecule has 1 unspecified atom stereocenters. The van der Waals surface area contributed by atoms with Crippen molar-refractivity contribution in [1.82, 2.24) is 9.97 Å². The van der Waals surface area contributed by atoms with Gasteiger partial charge >= 0.3 is 0 Å². The molecule has 4 heteroatoms. The first-order chi connectivity index (χ1) is 11.1. The Kier molecular flexibility index (Phi) is 4.15. The third-order valence-electron chi connectivity index (χ3n) is 4.11. The van der Waals surface area contributed by atoms with Crippen LogP contribution < -0.4 is 5.32 Å². The first-order valence-electron chi connectivity index (χ1n) is 7.69. The molecule has 0 aliphatic carbocycles. The smallest absolute Gasteiger partial charge is 0.123 e. The van der Waals surface area contributed by atoms with Gasteiger partial charge in [-0.25, -0.2) is 4.39 Å². The summed E-state index contributed by atoms with van der Waals surface area (Å²) in [7, 11) is 0. The second-order valence-corrected chi connectivity index (χ2v) is 5.65. The number of fused-ring (bicyclic) bond motifs is 1. The molecule has 2 aromatic heterocycles. The van der Waals surface area contributed by atoms with Crippen molar-refractivity contribution < 1.29 is 4.39 Å². The van der Waals surface area contributed by atoms with E-state index in [0.29, 0.717) is 0 Å². The summed E-state index contributed by atoms with van der Waals surface area (Å²) in [5.74, 6) is -0.242. The van der Waals surface area contributed by atoms with Gasteiger partial charge in [-0.1, -0.05) is 12.2 Å². The molecule has 2 N–H and O–H groups in total. The molecule has 1 aromatic carbocycles. The number of aromatic amines is 1. The second kappa shape index (κ2) is 6.24. The largest absolute Gasteiger partial charge is 0.373 e. The Morgan fingerprint density at radius 1 is 1.17 bits per heavy atom. The second-order valence-electron chi connectivity index (χ2n) is 5.65. The highest BCUT2D eigenvalue weighted by Gasteiger charge is 2.16. The number of nitrogens with zero attached hydrogens (tertiary/aromatic N) is 1. The molecule has 23 heavy (non-hydrogen) atoms. The van der Waals surface area contributed by atoms with Crippen molar-refractivity contribution >= 4 is 16.6 Å². The van der Waals surface area contributed by atoms with Crippen molar-refractivity contribution in [2.24, 2.45) is 0 Å². The molecule has 0 aliphatic heterocycles. The summed E-state index contributed by atoms with van der Waals surface area (Å²) in [6.07, 6.45) is 5.88. The van der Waals surface area contributed by atoms with Crippen LogP contribution >= 0.6 is 0 Å². The molecule has 0 radical (unpaired) electrons. The number of aromatic nitrogens is 2. The quantitative estimate of drug-likeness (QED) is 0.662. The normalized spacial score (nSPS) is 12.9. The number of anilines is 1. The monoisotopic (exact) mass is 309 g/mol. The van der Waals surface area contributed by atoms with Crippen molar-refractivity contribution in [3.05, 3.63) is 71.4 Å². The van der Waals surface area contributed by atoms with Crippen LogP contribution in [0.2, 0.25) is 0 Å². The van der Waals surface area contributed by atoms with Crippen LogP contribution in [0.3, 0.4) is 0 Å². The molecule has 2 heterocycles. The Labute approximate surface area is 135 Å². The molecule has 0 saturated carbocycles. The summed E-state index contributed by atoms with van der Waals surface area (Å²) in [4.78, 5) is 8.01. The Morgan fingerprint density at radius 2 is 1.91 bits per heavy atom. The summed E-state index contributed by atoms with van der Waals surface area (Å²) < 4.78 is 13.1. The van der Waals surface area contributed by atoms with E-state index in [9.17, 15) is 4.39 Å². The summed E-state index contributed by atoms with van der Waals surface area (Å²) in [6, 6.07) is 8.31. The molecule has 3 aromatic rings. The molecule has 1 atom stereocenters. The van der Waals surface area contributed by atoms with E-state index in [1.807, 2.05) is 25.3 Å². The van der Waals surface area contributed by atoms with Crippen LogP contribution in [-0.4, -0.2) is 9.97 Å². The van der Waals surface area contributed by atoms with Gasteiger partial charge in [0.05, 0.1) is 17.3 Å². The van der Waals surface area contributed by atoms with Gasteiger partial charge in [0, 0.05) is 23.0 Å². The lowest BCUT2D eigenvalue weighted by Crippen LogP contribution is -2.10. The number of rotatable bonds is 4. The standard InChI is InChI=1S/C19H20FN3/c1-4-5-17(23-15-8-6-14(20)7-9-15)19-18-16(10-11-21-19)12(2)13(3)22-18/h4-11,17,22-23H,1-3H3. The van der Waals surface area contributed by atoms with Gasteiger partial charge in [0.15, 0.2) is 0 Å². The highest BCUT2D eigenvalue weighted by molar-refractivity contribution is 5.86. The fourth-order valence-corrected chi connectivity index (χ4v) is 2.77. The third-order valence-corrected chi connectivity index (χ3v) is 4.11. The maximum atomic E-state index is 13.1. The molecule has 3 rings (SSSR count).